The molecule has 1 N–H and O–H groups in total. The largest absolute Gasteiger partial charge is 0.329 e. The van der Waals surface area contributed by atoms with Gasteiger partial charge in [0.2, 0.25) is 0 Å². The maximum absolute atomic E-state index is 4.48. The molecule has 5 heteroatoms. The molecule has 2 aromatic rings. The second-order valence-electron chi connectivity index (χ2n) is 3.84. The summed E-state index contributed by atoms with van der Waals surface area (Å²) >= 11 is 1.61. The number of thiazole rings is 1. The SMILES string of the molecule is Cn1cc(Nc2nccs2)c(C2CC2)n1. The molecular formula is C10H12N4S. The van der Waals surface area contributed by atoms with Crippen LogP contribution < -0.4 is 5.32 Å². The smallest absolute Gasteiger partial charge is 0.187 e. The predicted octanol–water partition coefficient (Wildman–Crippen LogP) is 2.50. The molecule has 2 heterocycles. The van der Waals surface area contributed by atoms with E-state index in [4.69, 9.17) is 0 Å². The molecule has 78 valence electrons. The van der Waals surface area contributed by atoms with Gasteiger partial charge in [0.1, 0.15) is 0 Å². The van der Waals surface area contributed by atoms with Crippen LogP contribution in [0, 0.1) is 0 Å². The summed E-state index contributed by atoms with van der Waals surface area (Å²) in [6.07, 6.45) is 6.36. The number of anilines is 2. The fourth-order valence-electron chi connectivity index (χ4n) is 1.66. The standard InChI is InChI=1S/C10H12N4S/c1-14-6-8(9(13-14)7-2-3-7)12-10-11-4-5-15-10/h4-7H,2-3H2,1H3,(H,11,12). The number of aromatic nitrogens is 3. The lowest BCUT2D eigenvalue weighted by molar-refractivity contribution is 0.744. The van der Waals surface area contributed by atoms with Crippen molar-refractivity contribution < 1.29 is 0 Å². The molecule has 1 aliphatic rings. The van der Waals surface area contributed by atoms with Gasteiger partial charge in [0.25, 0.3) is 0 Å². The van der Waals surface area contributed by atoms with Crippen LogP contribution in [0.4, 0.5) is 10.8 Å². The van der Waals surface area contributed by atoms with Crippen LogP contribution in [0.2, 0.25) is 0 Å². The number of nitrogens with one attached hydrogen (secondary N) is 1. The predicted molar refractivity (Wildman–Crippen MR) is 60.6 cm³/mol. The molecule has 15 heavy (non-hydrogen) atoms. The van der Waals surface area contributed by atoms with E-state index in [1.54, 1.807) is 17.5 Å². The summed E-state index contributed by atoms with van der Waals surface area (Å²) in [4.78, 5) is 4.21. The Hall–Kier alpha value is -1.36. The van der Waals surface area contributed by atoms with E-state index in [2.05, 4.69) is 15.4 Å². The van der Waals surface area contributed by atoms with Crippen LogP contribution in [-0.4, -0.2) is 14.8 Å². The molecule has 0 amide bonds. The molecule has 1 fully saturated rings. The average Bonchev–Trinajstić information content (AvgIpc) is 2.81. The minimum absolute atomic E-state index is 0.661. The minimum Gasteiger partial charge on any atom is -0.329 e. The van der Waals surface area contributed by atoms with Gasteiger partial charge in [-0.05, 0) is 12.8 Å². The summed E-state index contributed by atoms with van der Waals surface area (Å²) in [5, 5.41) is 10.7. The first-order chi connectivity index (χ1) is 7.33. The summed E-state index contributed by atoms with van der Waals surface area (Å²) in [6, 6.07) is 0. The summed E-state index contributed by atoms with van der Waals surface area (Å²) in [7, 11) is 1.96. The fraction of sp³-hybridized carbons (Fsp3) is 0.400. The highest BCUT2D eigenvalue weighted by Gasteiger charge is 2.29. The molecule has 0 atom stereocenters. The lowest BCUT2D eigenvalue weighted by Gasteiger charge is -2.00. The van der Waals surface area contributed by atoms with E-state index in [1.807, 2.05) is 23.3 Å². The van der Waals surface area contributed by atoms with Gasteiger partial charge in [-0.25, -0.2) is 4.98 Å². The van der Waals surface area contributed by atoms with E-state index in [9.17, 15) is 0 Å². The second kappa shape index (κ2) is 3.34. The molecule has 0 bridgehead atoms. The zero-order valence-electron chi connectivity index (χ0n) is 8.47. The van der Waals surface area contributed by atoms with Gasteiger partial charge in [0, 0.05) is 30.7 Å². The molecule has 1 aliphatic carbocycles. The van der Waals surface area contributed by atoms with Crippen LogP contribution in [0.5, 0.6) is 0 Å². The van der Waals surface area contributed by atoms with Crippen LogP contribution in [-0.2, 0) is 7.05 Å². The van der Waals surface area contributed by atoms with E-state index in [0.717, 1.165) is 10.8 Å². The molecule has 0 aromatic carbocycles. The second-order valence-corrected chi connectivity index (χ2v) is 4.73. The van der Waals surface area contributed by atoms with Crippen molar-refractivity contribution in [3.8, 4) is 0 Å². The number of rotatable bonds is 3. The molecule has 0 saturated heterocycles. The third-order valence-corrected chi connectivity index (χ3v) is 3.18. The van der Waals surface area contributed by atoms with Gasteiger partial charge in [-0.3, -0.25) is 4.68 Å². The first-order valence-electron chi connectivity index (χ1n) is 5.03. The summed E-state index contributed by atoms with van der Waals surface area (Å²) in [6.45, 7) is 0. The van der Waals surface area contributed by atoms with Crippen molar-refractivity contribution in [2.24, 2.45) is 7.05 Å². The Bertz CT molecular complexity index is 456. The maximum Gasteiger partial charge on any atom is 0.187 e. The number of nitrogens with zero attached hydrogens (tertiary/aromatic N) is 3. The van der Waals surface area contributed by atoms with Crippen LogP contribution in [0.3, 0.4) is 0 Å². The van der Waals surface area contributed by atoms with E-state index in [-0.39, 0.29) is 0 Å². The zero-order chi connectivity index (χ0) is 10.3. The highest BCUT2D eigenvalue weighted by atomic mass is 32.1. The zero-order valence-corrected chi connectivity index (χ0v) is 9.29. The summed E-state index contributed by atoms with van der Waals surface area (Å²) < 4.78 is 1.86. The van der Waals surface area contributed by atoms with Gasteiger partial charge >= 0.3 is 0 Å². The molecule has 0 radical (unpaired) electrons. The van der Waals surface area contributed by atoms with Gasteiger partial charge in [-0.15, -0.1) is 11.3 Å². The third kappa shape index (κ3) is 1.74. The Balaban J connectivity index is 1.90. The van der Waals surface area contributed by atoms with Crippen molar-refractivity contribution in [3.05, 3.63) is 23.5 Å². The van der Waals surface area contributed by atoms with E-state index >= 15 is 0 Å². The fourth-order valence-corrected chi connectivity index (χ4v) is 2.20. The molecule has 1 saturated carbocycles. The highest BCUT2D eigenvalue weighted by molar-refractivity contribution is 7.13. The average molecular weight is 220 g/mol. The normalized spacial score (nSPS) is 15.5. The van der Waals surface area contributed by atoms with Crippen LogP contribution in [0.25, 0.3) is 0 Å². The molecular weight excluding hydrogens is 208 g/mol. The van der Waals surface area contributed by atoms with Crippen molar-refractivity contribution in [1.82, 2.24) is 14.8 Å². The van der Waals surface area contributed by atoms with Gasteiger partial charge in [0.05, 0.1) is 11.4 Å². The van der Waals surface area contributed by atoms with E-state index in [1.165, 1.54) is 18.5 Å². The van der Waals surface area contributed by atoms with Crippen molar-refractivity contribution in [2.75, 3.05) is 5.32 Å². The van der Waals surface area contributed by atoms with Crippen LogP contribution >= 0.6 is 11.3 Å². The van der Waals surface area contributed by atoms with Crippen LogP contribution in [0.1, 0.15) is 24.5 Å². The summed E-state index contributed by atoms with van der Waals surface area (Å²) in [5.41, 5.74) is 2.29. The molecule has 2 aromatic heterocycles. The van der Waals surface area contributed by atoms with Crippen LogP contribution in [0.15, 0.2) is 17.8 Å². The molecule has 0 spiro atoms. The number of hydrogen-bond acceptors (Lipinski definition) is 4. The molecule has 3 rings (SSSR count). The Labute approximate surface area is 92.0 Å². The number of hydrogen-bond donors (Lipinski definition) is 1. The van der Waals surface area contributed by atoms with E-state index in [0.29, 0.717) is 5.92 Å². The molecule has 0 aliphatic heterocycles. The van der Waals surface area contributed by atoms with Crippen molar-refractivity contribution in [3.63, 3.8) is 0 Å². The van der Waals surface area contributed by atoms with Gasteiger partial charge < -0.3 is 5.32 Å². The van der Waals surface area contributed by atoms with Gasteiger partial charge in [-0.1, -0.05) is 0 Å². The first kappa shape index (κ1) is 8.91. The van der Waals surface area contributed by atoms with Gasteiger partial charge in [0.15, 0.2) is 5.13 Å². The third-order valence-electron chi connectivity index (χ3n) is 2.50. The Morgan fingerprint density at radius 2 is 2.40 bits per heavy atom. The number of aryl methyl sites for hydroxylation is 1. The Morgan fingerprint density at radius 1 is 1.53 bits per heavy atom. The lowest BCUT2D eigenvalue weighted by atomic mass is 10.2. The van der Waals surface area contributed by atoms with Crippen molar-refractivity contribution in [2.45, 2.75) is 18.8 Å². The Morgan fingerprint density at radius 3 is 3.07 bits per heavy atom. The lowest BCUT2D eigenvalue weighted by Crippen LogP contribution is -1.92. The first-order valence-corrected chi connectivity index (χ1v) is 5.91. The topological polar surface area (TPSA) is 42.7 Å². The van der Waals surface area contributed by atoms with Gasteiger partial charge in [-0.2, -0.15) is 5.10 Å². The minimum atomic E-state index is 0.661. The molecule has 0 unspecified atom stereocenters. The maximum atomic E-state index is 4.48. The summed E-state index contributed by atoms with van der Waals surface area (Å²) in [5.74, 6) is 0.661. The van der Waals surface area contributed by atoms with Crippen molar-refractivity contribution >= 4 is 22.2 Å². The Kier molecular flexibility index (Phi) is 1.98. The highest BCUT2D eigenvalue weighted by Crippen LogP contribution is 2.43. The quantitative estimate of drug-likeness (QED) is 0.864. The van der Waals surface area contributed by atoms with E-state index < -0.39 is 0 Å². The van der Waals surface area contributed by atoms with Crippen molar-refractivity contribution in [1.29, 1.82) is 0 Å². The molecule has 4 nitrogen and oxygen atoms in total. The monoisotopic (exact) mass is 220 g/mol.